The van der Waals surface area contributed by atoms with E-state index in [2.05, 4.69) is 16.0 Å². The Morgan fingerprint density at radius 1 is 1.20 bits per heavy atom. The molecule has 0 radical (unpaired) electrons. The first-order valence-corrected chi connectivity index (χ1v) is 12.0. The summed E-state index contributed by atoms with van der Waals surface area (Å²) in [6.45, 7) is 5.99. The average Bonchev–Trinajstić information content (AvgIpc) is 2.98. The number of nitrogens with zero attached hydrogens (tertiary/aromatic N) is 5. The number of hydrogen-bond donors (Lipinski definition) is 0. The molecule has 35 heavy (non-hydrogen) atoms. The molecule has 0 amide bonds. The molecule has 8 nitrogen and oxygen atoms in total. The Bertz CT molecular complexity index is 1360. The van der Waals surface area contributed by atoms with Crippen molar-refractivity contribution in [1.29, 1.82) is 5.26 Å². The van der Waals surface area contributed by atoms with Gasteiger partial charge in [0.05, 0.1) is 20.0 Å². The maximum absolute atomic E-state index is 13.7. The molecule has 1 aliphatic heterocycles. The third-order valence-electron chi connectivity index (χ3n) is 6.41. The van der Waals surface area contributed by atoms with Crippen LogP contribution < -0.4 is 15.2 Å². The van der Waals surface area contributed by atoms with Gasteiger partial charge in [-0.15, -0.1) is 0 Å². The molecule has 1 aliphatic rings. The van der Waals surface area contributed by atoms with Gasteiger partial charge in [0.25, 0.3) is 5.56 Å². The minimum atomic E-state index is -0.328. The summed E-state index contributed by atoms with van der Waals surface area (Å²) in [5, 5.41) is 10.1. The molecule has 0 aliphatic carbocycles. The quantitative estimate of drug-likeness (QED) is 0.375. The highest BCUT2D eigenvalue weighted by Gasteiger charge is 2.26. The number of benzene rings is 1. The first-order chi connectivity index (χ1) is 16.9. The molecule has 1 saturated heterocycles. The molecule has 182 valence electrons. The van der Waals surface area contributed by atoms with Crippen LogP contribution in [0.5, 0.6) is 5.75 Å². The van der Waals surface area contributed by atoms with Crippen LogP contribution in [0.15, 0.2) is 47.0 Å². The van der Waals surface area contributed by atoms with E-state index in [-0.39, 0.29) is 17.9 Å². The molecule has 0 atom stereocenters. The van der Waals surface area contributed by atoms with Crippen LogP contribution in [0.2, 0.25) is 0 Å². The highest BCUT2D eigenvalue weighted by Crippen LogP contribution is 2.31. The van der Waals surface area contributed by atoms with Crippen LogP contribution in [-0.2, 0) is 13.1 Å². The number of ether oxygens (including phenoxy) is 1. The second-order valence-corrected chi connectivity index (χ2v) is 9.13. The lowest BCUT2D eigenvalue weighted by Crippen LogP contribution is -2.29. The van der Waals surface area contributed by atoms with Crippen molar-refractivity contribution < 1.29 is 9.53 Å². The lowest BCUT2D eigenvalue weighted by Gasteiger charge is -2.24. The number of allylic oxidation sites excluding steroid dienone is 2. The molecule has 1 fully saturated rings. The zero-order valence-corrected chi connectivity index (χ0v) is 20.6. The molecule has 3 aromatic rings. The highest BCUT2D eigenvalue weighted by molar-refractivity contribution is 5.96. The van der Waals surface area contributed by atoms with Gasteiger partial charge in [0.15, 0.2) is 5.78 Å². The van der Waals surface area contributed by atoms with Gasteiger partial charge in [-0.05, 0) is 38.8 Å². The van der Waals surface area contributed by atoms with Gasteiger partial charge < -0.3 is 14.2 Å². The van der Waals surface area contributed by atoms with Gasteiger partial charge in [0.1, 0.15) is 34.2 Å². The van der Waals surface area contributed by atoms with Gasteiger partial charge in [-0.25, -0.2) is 4.98 Å². The minimum absolute atomic E-state index is 0.149. The second-order valence-electron chi connectivity index (χ2n) is 9.13. The number of ketones is 1. The van der Waals surface area contributed by atoms with E-state index in [1.807, 2.05) is 24.5 Å². The first-order valence-electron chi connectivity index (χ1n) is 12.0. The molecule has 0 bridgehead atoms. The molecular formula is C27H31N5O3. The molecule has 4 rings (SSSR count). The Morgan fingerprint density at radius 2 is 1.94 bits per heavy atom. The number of carbonyl (C=O) groups excluding carboxylic acids is 1. The fraction of sp³-hybridized carbons (Fsp3) is 0.407. The number of nitriles is 1. The highest BCUT2D eigenvalue weighted by atomic mass is 16.5. The lowest BCUT2D eigenvalue weighted by atomic mass is 10.1. The van der Waals surface area contributed by atoms with E-state index in [9.17, 15) is 14.9 Å². The number of hydrogen-bond acceptors (Lipinski definition) is 6. The van der Waals surface area contributed by atoms with Crippen LogP contribution in [0.25, 0.3) is 11.0 Å². The number of Topliss-reactive ketones (excluding diaryl/α,β-unsaturated/α-hetero) is 1. The van der Waals surface area contributed by atoms with Gasteiger partial charge in [0, 0.05) is 25.2 Å². The Balaban J connectivity index is 1.84. The number of anilines is 1. The fourth-order valence-corrected chi connectivity index (χ4v) is 4.57. The third-order valence-corrected chi connectivity index (χ3v) is 6.41. The average molecular weight is 474 g/mol. The summed E-state index contributed by atoms with van der Waals surface area (Å²) in [6, 6.07) is 9.18. The summed E-state index contributed by atoms with van der Waals surface area (Å²) >= 11 is 0. The molecule has 0 N–H and O–H groups in total. The smallest absolute Gasteiger partial charge is 0.278 e. The Hall–Kier alpha value is -3.86. The minimum Gasteiger partial charge on any atom is -0.497 e. The Kier molecular flexibility index (Phi) is 7.35. The molecule has 0 spiro atoms. The van der Waals surface area contributed by atoms with E-state index in [0.717, 1.165) is 50.2 Å². The predicted octanol–water partition coefficient (Wildman–Crippen LogP) is 4.31. The van der Waals surface area contributed by atoms with Crippen LogP contribution >= 0.6 is 0 Å². The van der Waals surface area contributed by atoms with Crippen molar-refractivity contribution in [2.75, 3.05) is 25.1 Å². The van der Waals surface area contributed by atoms with Gasteiger partial charge in [-0.2, -0.15) is 5.26 Å². The van der Waals surface area contributed by atoms with Crippen LogP contribution in [0.4, 0.5) is 5.82 Å². The van der Waals surface area contributed by atoms with Gasteiger partial charge in [-0.3, -0.25) is 14.2 Å². The van der Waals surface area contributed by atoms with Crippen LogP contribution in [0.1, 0.15) is 55.5 Å². The SMILES string of the molecule is COc1cccc(C(=O)Cn2cnc3c(C#N)c(N4CCCCCC4)n(CC=C(C)C)c3c2=O)c1. The first kappa shape index (κ1) is 24.3. The van der Waals surface area contributed by atoms with E-state index in [1.54, 1.807) is 31.4 Å². The largest absolute Gasteiger partial charge is 0.497 e. The molecular weight excluding hydrogens is 442 g/mol. The number of fused-ring (bicyclic) bond motifs is 1. The third kappa shape index (κ3) is 4.99. The topological polar surface area (TPSA) is 93.1 Å². The van der Waals surface area contributed by atoms with Crippen molar-refractivity contribution in [2.45, 2.75) is 52.6 Å². The van der Waals surface area contributed by atoms with Gasteiger partial charge >= 0.3 is 0 Å². The van der Waals surface area contributed by atoms with Crippen LogP contribution in [-0.4, -0.2) is 40.1 Å². The monoisotopic (exact) mass is 473 g/mol. The van der Waals surface area contributed by atoms with Crippen molar-refractivity contribution in [3.8, 4) is 11.8 Å². The van der Waals surface area contributed by atoms with Crippen molar-refractivity contribution in [2.24, 2.45) is 0 Å². The zero-order chi connectivity index (χ0) is 24.9. The summed E-state index contributed by atoms with van der Waals surface area (Å²) < 4.78 is 8.46. The Labute approximate surface area is 205 Å². The van der Waals surface area contributed by atoms with E-state index in [4.69, 9.17) is 4.74 Å². The molecule has 8 heteroatoms. The number of methoxy groups -OCH3 is 1. The van der Waals surface area contributed by atoms with E-state index in [1.165, 1.54) is 10.9 Å². The standard InChI is InChI=1S/C27H31N5O3/c1-19(2)11-14-32-25-24(22(16-28)26(32)30-12-6-4-5-7-13-30)29-18-31(27(25)34)17-23(33)20-9-8-10-21(15-20)35-3/h8-11,15,18H,4-7,12-14,17H2,1-3H3. The molecule has 0 unspecified atom stereocenters. The summed E-state index contributed by atoms with van der Waals surface area (Å²) in [5.41, 5.74) is 2.42. The van der Waals surface area contributed by atoms with Crippen LogP contribution in [0, 0.1) is 11.3 Å². The van der Waals surface area contributed by atoms with Crippen LogP contribution in [0.3, 0.4) is 0 Å². The molecule has 1 aromatic carbocycles. The number of carbonyl (C=O) groups is 1. The number of aromatic nitrogens is 3. The van der Waals surface area contributed by atoms with Gasteiger partial charge in [0.2, 0.25) is 0 Å². The van der Waals surface area contributed by atoms with E-state index < -0.39 is 0 Å². The van der Waals surface area contributed by atoms with Crippen molar-refractivity contribution >= 4 is 22.6 Å². The maximum Gasteiger partial charge on any atom is 0.278 e. The summed E-state index contributed by atoms with van der Waals surface area (Å²) in [4.78, 5) is 33.4. The van der Waals surface area contributed by atoms with Gasteiger partial charge in [-0.1, -0.05) is 36.6 Å². The molecule has 3 heterocycles. The lowest BCUT2D eigenvalue weighted by molar-refractivity contribution is 0.0970. The zero-order valence-electron chi connectivity index (χ0n) is 20.6. The Morgan fingerprint density at radius 3 is 2.60 bits per heavy atom. The normalized spacial score (nSPS) is 13.8. The summed E-state index contributed by atoms with van der Waals surface area (Å²) in [6.07, 6.45) is 7.82. The molecule has 0 saturated carbocycles. The predicted molar refractivity (Wildman–Crippen MR) is 136 cm³/mol. The fourth-order valence-electron chi connectivity index (χ4n) is 4.57. The summed E-state index contributed by atoms with van der Waals surface area (Å²) in [7, 11) is 1.54. The van der Waals surface area contributed by atoms with E-state index in [0.29, 0.717) is 34.5 Å². The number of rotatable bonds is 7. The second kappa shape index (κ2) is 10.6. The molecule has 2 aromatic heterocycles. The van der Waals surface area contributed by atoms with Crippen molar-refractivity contribution in [3.05, 3.63) is 63.7 Å². The van der Waals surface area contributed by atoms with E-state index >= 15 is 0 Å². The summed E-state index contributed by atoms with van der Waals surface area (Å²) in [5.74, 6) is 1.11. The van der Waals surface area contributed by atoms with Crippen molar-refractivity contribution in [3.63, 3.8) is 0 Å². The maximum atomic E-state index is 13.7. The van der Waals surface area contributed by atoms with Crippen molar-refractivity contribution in [1.82, 2.24) is 14.1 Å².